The number of aromatic nitrogens is 2. The standard InChI is InChI=1S/C19H18FN3O3S/c1-13-18(23-27(24,25)12-15-7-6-8-16(20)11-15)14(2)22-19(21-13)26-17-9-4-3-5-10-17/h3-11,23H,12H2,1-2H3. The van der Waals surface area contributed by atoms with Gasteiger partial charge in [-0.1, -0.05) is 30.3 Å². The van der Waals surface area contributed by atoms with Gasteiger partial charge in [0.25, 0.3) is 0 Å². The number of halogens is 1. The first-order valence-electron chi connectivity index (χ1n) is 8.15. The molecule has 0 aliphatic heterocycles. The molecule has 0 atom stereocenters. The highest BCUT2D eigenvalue weighted by Gasteiger charge is 2.18. The van der Waals surface area contributed by atoms with Gasteiger partial charge in [-0.2, -0.15) is 9.97 Å². The molecule has 0 aliphatic carbocycles. The Labute approximate surface area is 157 Å². The van der Waals surface area contributed by atoms with Crippen molar-refractivity contribution in [3.8, 4) is 11.8 Å². The van der Waals surface area contributed by atoms with E-state index < -0.39 is 15.8 Å². The maximum atomic E-state index is 13.3. The van der Waals surface area contributed by atoms with E-state index in [1.54, 1.807) is 32.0 Å². The number of rotatable bonds is 6. The van der Waals surface area contributed by atoms with Crippen LogP contribution < -0.4 is 9.46 Å². The summed E-state index contributed by atoms with van der Waals surface area (Å²) in [6.07, 6.45) is 0. The minimum atomic E-state index is -3.76. The summed E-state index contributed by atoms with van der Waals surface area (Å²) in [5.41, 5.74) is 1.49. The predicted molar refractivity (Wildman–Crippen MR) is 101 cm³/mol. The highest BCUT2D eigenvalue weighted by Crippen LogP contribution is 2.24. The van der Waals surface area contributed by atoms with Gasteiger partial charge in [-0.25, -0.2) is 12.8 Å². The van der Waals surface area contributed by atoms with Crippen molar-refractivity contribution in [2.75, 3.05) is 4.72 Å². The van der Waals surface area contributed by atoms with Gasteiger partial charge in [-0.05, 0) is 43.7 Å². The topological polar surface area (TPSA) is 81.2 Å². The molecule has 0 radical (unpaired) electrons. The predicted octanol–water partition coefficient (Wildman–Crippen LogP) is 3.97. The Morgan fingerprint density at radius 2 is 1.67 bits per heavy atom. The SMILES string of the molecule is Cc1nc(Oc2ccccc2)nc(C)c1NS(=O)(=O)Cc1cccc(F)c1. The molecule has 0 unspecified atom stereocenters. The van der Waals surface area contributed by atoms with E-state index >= 15 is 0 Å². The molecule has 0 fully saturated rings. The Bertz CT molecular complexity index is 1030. The van der Waals surface area contributed by atoms with Crippen LogP contribution in [0.3, 0.4) is 0 Å². The van der Waals surface area contributed by atoms with Crippen molar-refractivity contribution < 1.29 is 17.5 Å². The molecule has 1 N–H and O–H groups in total. The van der Waals surface area contributed by atoms with Gasteiger partial charge in [0.15, 0.2) is 0 Å². The summed E-state index contributed by atoms with van der Waals surface area (Å²) in [6, 6.07) is 14.6. The van der Waals surface area contributed by atoms with Crippen molar-refractivity contribution in [2.45, 2.75) is 19.6 Å². The Morgan fingerprint density at radius 1 is 1.00 bits per heavy atom. The van der Waals surface area contributed by atoms with E-state index in [0.29, 0.717) is 22.7 Å². The second-order valence-corrected chi connectivity index (χ2v) is 7.68. The Morgan fingerprint density at radius 3 is 2.30 bits per heavy atom. The molecule has 0 spiro atoms. The maximum Gasteiger partial charge on any atom is 0.322 e. The van der Waals surface area contributed by atoms with Crippen LogP contribution in [0.5, 0.6) is 11.8 Å². The lowest BCUT2D eigenvalue weighted by Gasteiger charge is -2.13. The highest BCUT2D eigenvalue weighted by atomic mass is 32.2. The van der Waals surface area contributed by atoms with Crippen molar-refractivity contribution in [2.24, 2.45) is 0 Å². The number of nitrogens with zero attached hydrogens (tertiary/aromatic N) is 2. The smallest absolute Gasteiger partial charge is 0.322 e. The molecule has 6 nitrogen and oxygen atoms in total. The molecule has 1 heterocycles. The van der Waals surface area contributed by atoms with Crippen LogP contribution in [0.2, 0.25) is 0 Å². The first kappa shape index (κ1) is 18.8. The van der Waals surface area contributed by atoms with E-state index in [-0.39, 0.29) is 17.5 Å². The van der Waals surface area contributed by atoms with Crippen LogP contribution in [0.4, 0.5) is 10.1 Å². The van der Waals surface area contributed by atoms with Gasteiger partial charge in [0.05, 0.1) is 22.8 Å². The van der Waals surface area contributed by atoms with Crippen LogP contribution in [-0.2, 0) is 15.8 Å². The average molecular weight is 387 g/mol. The van der Waals surface area contributed by atoms with E-state index in [1.807, 2.05) is 18.2 Å². The number of anilines is 1. The van der Waals surface area contributed by atoms with Gasteiger partial charge in [0.2, 0.25) is 10.0 Å². The number of nitrogens with one attached hydrogen (secondary N) is 1. The molecule has 0 saturated heterocycles. The summed E-state index contributed by atoms with van der Waals surface area (Å²) < 4.78 is 46.2. The van der Waals surface area contributed by atoms with Crippen molar-refractivity contribution in [3.63, 3.8) is 0 Å². The molecule has 0 bridgehead atoms. The normalized spacial score (nSPS) is 11.2. The third kappa shape index (κ3) is 5.01. The summed E-state index contributed by atoms with van der Waals surface area (Å²) in [5, 5.41) is 0. The minimum absolute atomic E-state index is 0.129. The monoisotopic (exact) mass is 387 g/mol. The van der Waals surface area contributed by atoms with Gasteiger partial charge in [-0.15, -0.1) is 0 Å². The van der Waals surface area contributed by atoms with E-state index in [2.05, 4.69) is 14.7 Å². The average Bonchev–Trinajstić information content (AvgIpc) is 2.59. The van der Waals surface area contributed by atoms with E-state index in [0.717, 1.165) is 0 Å². The molecule has 0 saturated carbocycles. The summed E-state index contributed by atoms with van der Waals surface area (Å²) in [6.45, 7) is 3.32. The highest BCUT2D eigenvalue weighted by molar-refractivity contribution is 7.91. The Balaban J connectivity index is 1.80. The first-order chi connectivity index (χ1) is 12.8. The summed E-state index contributed by atoms with van der Waals surface area (Å²) in [4.78, 5) is 8.43. The fourth-order valence-corrected chi connectivity index (χ4v) is 3.81. The van der Waals surface area contributed by atoms with Crippen LogP contribution >= 0.6 is 0 Å². The van der Waals surface area contributed by atoms with Gasteiger partial charge in [0, 0.05) is 0 Å². The second kappa shape index (κ2) is 7.71. The van der Waals surface area contributed by atoms with Crippen molar-refractivity contribution in [3.05, 3.63) is 77.4 Å². The van der Waals surface area contributed by atoms with E-state index in [4.69, 9.17) is 4.74 Å². The number of hydrogen-bond acceptors (Lipinski definition) is 5. The Hall–Kier alpha value is -3.00. The molecule has 0 aliphatic rings. The van der Waals surface area contributed by atoms with Crippen LogP contribution in [0, 0.1) is 19.7 Å². The summed E-state index contributed by atoms with van der Waals surface area (Å²) >= 11 is 0. The molecule has 8 heteroatoms. The van der Waals surface area contributed by atoms with Crippen LogP contribution in [0.1, 0.15) is 17.0 Å². The number of benzene rings is 2. The number of aryl methyl sites for hydroxylation is 2. The quantitative estimate of drug-likeness (QED) is 0.692. The lowest BCUT2D eigenvalue weighted by Crippen LogP contribution is -2.18. The number of hydrogen-bond donors (Lipinski definition) is 1. The largest absolute Gasteiger partial charge is 0.424 e. The first-order valence-corrected chi connectivity index (χ1v) is 9.81. The molecule has 27 heavy (non-hydrogen) atoms. The number of sulfonamides is 1. The zero-order valence-electron chi connectivity index (χ0n) is 14.8. The van der Waals surface area contributed by atoms with Crippen molar-refractivity contribution >= 4 is 15.7 Å². The lowest BCUT2D eigenvalue weighted by molar-refractivity contribution is 0.439. The molecular weight excluding hydrogens is 369 g/mol. The maximum absolute atomic E-state index is 13.3. The van der Waals surface area contributed by atoms with Gasteiger partial charge < -0.3 is 4.74 Å². The summed E-state index contributed by atoms with van der Waals surface area (Å²) in [5.74, 6) is -0.261. The van der Waals surface area contributed by atoms with Gasteiger partial charge in [-0.3, -0.25) is 4.72 Å². The molecule has 2 aromatic carbocycles. The molecule has 1 aromatic heterocycles. The van der Waals surface area contributed by atoms with Crippen LogP contribution in [0.15, 0.2) is 54.6 Å². The third-order valence-electron chi connectivity index (χ3n) is 3.71. The summed E-state index contributed by atoms with van der Waals surface area (Å²) in [7, 11) is -3.76. The Kier molecular flexibility index (Phi) is 5.36. The molecule has 140 valence electrons. The molecular formula is C19H18FN3O3S. The zero-order chi connectivity index (χ0) is 19.4. The molecule has 3 aromatic rings. The van der Waals surface area contributed by atoms with Crippen LogP contribution in [-0.4, -0.2) is 18.4 Å². The molecule has 3 rings (SSSR count). The van der Waals surface area contributed by atoms with Gasteiger partial charge >= 0.3 is 6.01 Å². The van der Waals surface area contributed by atoms with E-state index in [1.165, 1.54) is 18.2 Å². The number of para-hydroxylation sites is 1. The fourth-order valence-electron chi connectivity index (χ4n) is 2.51. The minimum Gasteiger partial charge on any atom is -0.424 e. The second-order valence-electron chi connectivity index (χ2n) is 5.96. The van der Waals surface area contributed by atoms with Crippen LogP contribution in [0.25, 0.3) is 0 Å². The van der Waals surface area contributed by atoms with Gasteiger partial charge in [0.1, 0.15) is 11.6 Å². The number of ether oxygens (including phenoxy) is 1. The molecule has 0 amide bonds. The van der Waals surface area contributed by atoms with Crippen molar-refractivity contribution in [1.82, 2.24) is 9.97 Å². The van der Waals surface area contributed by atoms with E-state index in [9.17, 15) is 12.8 Å². The van der Waals surface area contributed by atoms with Crippen molar-refractivity contribution in [1.29, 1.82) is 0 Å². The fraction of sp³-hybridized carbons (Fsp3) is 0.158. The zero-order valence-corrected chi connectivity index (χ0v) is 15.6. The third-order valence-corrected chi connectivity index (χ3v) is 4.93. The lowest BCUT2D eigenvalue weighted by atomic mass is 10.2.